The lowest BCUT2D eigenvalue weighted by Gasteiger charge is -1.86. The summed E-state index contributed by atoms with van der Waals surface area (Å²) in [6.45, 7) is -0.203. The SMILES string of the molecule is OCc1nc2c(Cl)cccc2o1. The molecule has 0 aliphatic rings. The molecular formula is C8H6ClNO2. The minimum Gasteiger partial charge on any atom is -0.438 e. The van der Waals surface area contributed by atoms with E-state index in [4.69, 9.17) is 21.1 Å². The molecule has 0 bridgehead atoms. The third-order valence-electron chi connectivity index (χ3n) is 1.55. The highest BCUT2D eigenvalue weighted by Crippen LogP contribution is 2.23. The standard InChI is InChI=1S/C8H6ClNO2/c9-5-2-1-3-6-8(5)10-7(4-11)12-6/h1-3,11H,4H2. The van der Waals surface area contributed by atoms with Crippen molar-refractivity contribution in [2.24, 2.45) is 0 Å². The lowest BCUT2D eigenvalue weighted by atomic mass is 10.3. The number of aliphatic hydroxyl groups is 1. The Kier molecular flexibility index (Phi) is 1.75. The van der Waals surface area contributed by atoms with Crippen LogP contribution in [0.15, 0.2) is 22.6 Å². The number of halogens is 1. The lowest BCUT2D eigenvalue weighted by Crippen LogP contribution is -1.79. The molecule has 0 aliphatic heterocycles. The summed E-state index contributed by atoms with van der Waals surface area (Å²) in [5.74, 6) is 0.290. The van der Waals surface area contributed by atoms with E-state index in [1.807, 2.05) is 0 Å². The van der Waals surface area contributed by atoms with E-state index in [1.54, 1.807) is 18.2 Å². The van der Waals surface area contributed by atoms with Gasteiger partial charge in [-0.3, -0.25) is 0 Å². The van der Waals surface area contributed by atoms with Crippen molar-refractivity contribution in [1.82, 2.24) is 4.98 Å². The second kappa shape index (κ2) is 2.77. The zero-order valence-electron chi connectivity index (χ0n) is 6.12. The molecule has 0 saturated heterocycles. The zero-order valence-corrected chi connectivity index (χ0v) is 6.88. The van der Waals surface area contributed by atoms with Crippen LogP contribution in [0.1, 0.15) is 5.89 Å². The fourth-order valence-electron chi connectivity index (χ4n) is 1.03. The first-order valence-corrected chi connectivity index (χ1v) is 3.84. The van der Waals surface area contributed by atoms with E-state index in [1.165, 1.54) is 0 Å². The second-order valence-electron chi connectivity index (χ2n) is 2.35. The van der Waals surface area contributed by atoms with E-state index in [0.717, 1.165) is 0 Å². The number of hydrogen-bond acceptors (Lipinski definition) is 3. The Labute approximate surface area is 73.6 Å². The highest BCUT2D eigenvalue weighted by atomic mass is 35.5. The average molecular weight is 184 g/mol. The minimum atomic E-state index is -0.203. The normalized spacial score (nSPS) is 10.8. The Hall–Kier alpha value is -1.06. The Morgan fingerprint density at radius 3 is 3.00 bits per heavy atom. The maximum Gasteiger partial charge on any atom is 0.221 e. The van der Waals surface area contributed by atoms with Gasteiger partial charge in [0.2, 0.25) is 5.89 Å². The number of nitrogens with zero attached hydrogens (tertiary/aromatic N) is 1. The van der Waals surface area contributed by atoms with E-state index in [9.17, 15) is 0 Å². The number of aromatic nitrogens is 1. The van der Waals surface area contributed by atoms with Gasteiger partial charge in [-0.15, -0.1) is 0 Å². The first-order valence-electron chi connectivity index (χ1n) is 3.46. The molecule has 62 valence electrons. The van der Waals surface area contributed by atoms with Crippen LogP contribution in [0, 0.1) is 0 Å². The molecule has 1 aromatic heterocycles. The highest BCUT2D eigenvalue weighted by molar-refractivity contribution is 6.34. The van der Waals surface area contributed by atoms with Crippen molar-refractivity contribution in [3.63, 3.8) is 0 Å². The van der Waals surface area contributed by atoms with Gasteiger partial charge in [-0.25, -0.2) is 4.98 Å². The van der Waals surface area contributed by atoms with E-state index < -0.39 is 0 Å². The van der Waals surface area contributed by atoms with Crippen LogP contribution in [0.4, 0.5) is 0 Å². The monoisotopic (exact) mass is 183 g/mol. The van der Waals surface area contributed by atoms with Crippen molar-refractivity contribution in [1.29, 1.82) is 0 Å². The van der Waals surface area contributed by atoms with Crippen molar-refractivity contribution >= 4 is 22.7 Å². The van der Waals surface area contributed by atoms with Crippen LogP contribution in [0.25, 0.3) is 11.1 Å². The van der Waals surface area contributed by atoms with Crippen molar-refractivity contribution in [3.8, 4) is 0 Å². The van der Waals surface area contributed by atoms with Crippen LogP contribution in [-0.4, -0.2) is 10.1 Å². The molecule has 2 rings (SSSR count). The van der Waals surface area contributed by atoms with Crippen molar-refractivity contribution in [2.75, 3.05) is 0 Å². The lowest BCUT2D eigenvalue weighted by molar-refractivity contribution is 0.244. The summed E-state index contributed by atoms with van der Waals surface area (Å²) in [5.41, 5.74) is 1.20. The summed E-state index contributed by atoms with van der Waals surface area (Å²) in [6.07, 6.45) is 0. The molecule has 1 N–H and O–H groups in total. The maximum atomic E-state index is 8.73. The predicted molar refractivity (Wildman–Crippen MR) is 44.9 cm³/mol. The van der Waals surface area contributed by atoms with Crippen LogP contribution in [0.2, 0.25) is 5.02 Å². The summed E-state index contributed by atoms with van der Waals surface area (Å²) < 4.78 is 5.15. The molecule has 0 atom stereocenters. The third-order valence-corrected chi connectivity index (χ3v) is 1.85. The van der Waals surface area contributed by atoms with E-state index in [2.05, 4.69) is 4.98 Å². The molecule has 0 unspecified atom stereocenters. The summed E-state index contributed by atoms with van der Waals surface area (Å²) in [4.78, 5) is 3.98. The van der Waals surface area contributed by atoms with E-state index in [0.29, 0.717) is 16.1 Å². The summed E-state index contributed by atoms with van der Waals surface area (Å²) in [5, 5.41) is 9.27. The van der Waals surface area contributed by atoms with Gasteiger partial charge in [-0.1, -0.05) is 17.7 Å². The van der Waals surface area contributed by atoms with E-state index in [-0.39, 0.29) is 12.5 Å². The van der Waals surface area contributed by atoms with Gasteiger partial charge in [0.1, 0.15) is 12.1 Å². The smallest absolute Gasteiger partial charge is 0.221 e. The topological polar surface area (TPSA) is 46.3 Å². The molecule has 0 fully saturated rings. The first-order chi connectivity index (χ1) is 5.81. The zero-order chi connectivity index (χ0) is 8.55. The molecule has 4 heteroatoms. The van der Waals surface area contributed by atoms with Crippen LogP contribution in [0.3, 0.4) is 0 Å². The first kappa shape index (κ1) is 7.58. The second-order valence-corrected chi connectivity index (χ2v) is 2.76. The number of aliphatic hydroxyl groups excluding tert-OH is 1. The summed E-state index contributed by atoms with van der Waals surface area (Å²) in [7, 11) is 0. The number of fused-ring (bicyclic) bond motifs is 1. The fourth-order valence-corrected chi connectivity index (χ4v) is 1.24. The summed E-state index contributed by atoms with van der Waals surface area (Å²) >= 11 is 5.82. The quantitative estimate of drug-likeness (QED) is 0.735. The van der Waals surface area contributed by atoms with Gasteiger partial charge in [-0.2, -0.15) is 0 Å². The van der Waals surface area contributed by atoms with Crippen molar-refractivity contribution in [2.45, 2.75) is 6.61 Å². The van der Waals surface area contributed by atoms with Crippen molar-refractivity contribution < 1.29 is 9.52 Å². The molecule has 1 aromatic carbocycles. The van der Waals surface area contributed by atoms with Gasteiger partial charge in [-0.05, 0) is 12.1 Å². The molecule has 3 nitrogen and oxygen atoms in total. The van der Waals surface area contributed by atoms with Gasteiger partial charge in [0.25, 0.3) is 0 Å². The Balaban J connectivity index is 2.74. The van der Waals surface area contributed by atoms with Gasteiger partial charge in [0, 0.05) is 0 Å². The minimum absolute atomic E-state index is 0.203. The molecule has 2 aromatic rings. The predicted octanol–water partition coefficient (Wildman–Crippen LogP) is 1.97. The van der Waals surface area contributed by atoms with Crippen LogP contribution in [0.5, 0.6) is 0 Å². The van der Waals surface area contributed by atoms with Gasteiger partial charge >= 0.3 is 0 Å². The highest BCUT2D eigenvalue weighted by Gasteiger charge is 2.06. The number of para-hydroxylation sites is 1. The molecule has 0 spiro atoms. The number of hydrogen-bond donors (Lipinski definition) is 1. The molecule has 0 radical (unpaired) electrons. The van der Waals surface area contributed by atoms with Crippen LogP contribution >= 0.6 is 11.6 Å². The number of oxazole rings is 1. The molecule has 0 saturated carbocycles. The number of benzene rings is 1. The van der Waals surface area contributed by atoms with Gasteiger partial charge in [0.15, 0.2) is 5.58 Å². The van der Waals surface area contributed by atoms with Gasteiger partial charge in [0.05, 0.1) is 5.02 Å². The average Bonchev–Trinajstić information content (AvgIpc) is 2.49. The van der Waals surface area contributed by atoms with E-state index >= 15 is 0 Å². The van der Waals surface area contributed by atoms with Gasteiger partial charge < -0.3 is 9.52 Å². The maximum absolute atomic E-state index is 8.73. The Bertz CT molecular complexity index is 410. The Morgan fingerprint density at radius 1 is 1.50 bits per heavy atom. The molecule has 1 heterocycles. The third kappa shape index (κ3) is 1.07. The summed E-state index contributed by atoms with van der Waals surface area (Å²) in [6, 6.07) is 5.26. The Morgan fingerprint density at radius 2 is 2.33 bits per heavy atom. The molecular weight excluding hydrogens is 178 g/mol. The van der Waals surface area contributed by atoms with Crippen LogP contribution < -0.4 is 0 Å². The number of rotatable bonds is 1. The molecule has 12 heavy (non-hydrogen) atoms. The van der Waals surface area contributed by atoms with Crippen LogP contribution in [-0.2, 0) is 6.61 Å². The fraction of sp³-hybridized carbons (Fsp3) is 0.125. The molecule has 0 aliphatic carbocycles. The molecule has 0 amide bonds. The van der Waals surface area contributed by atoms with Crippen molar-refractivity contribution in [3.05, 3.63) is 29.1 Å². The largest absolute Gasteiger partial charge is 0.438 e.